The molecule has 0 spiro atoms. The van der Waals surface area contributed by atoms with Crippen LogP contribution in [0.15, 0.2) is 0 Å². The van der Waals surface area contributed by atoms with Gasteiger partial charge in [0.25, 0.3) is 0 Å². The summed E-state index contributed by atoms with van der Waals surface area (Å²) >= 11 is 0. The van der Waals surface area contributed by atoms with Gasteiger partial charge in [0, 0.05) is 13.1 Å². The number of rotatable bonds is 6. The zero-order chi connectivity index (χ0) is 14.5. The molecule has 0 radical (unpaired) electrons. The average molecular weight is 272 g/mol. The third-order valence-electron chi connectivity index (χ3n) is 3.65. The largest absolute Gasteiger partial charge is 0.481 e. The number of carboxylic acids is 1. The lowest BCUT2D eigenvalue weighted by Gasteiger charge is -2.25. The Bertz CT molecular complexity index is 336. The maximum absolute atomic E-state index is 11.6. The highest BCUT2D eigenvalue weighted by Gasteiger charge is 2.29. The van der Waals surface area contributed by atoms with E-state index in [-0.39, 0.29) is 18.0 Å². The van der Waals surface area contributed by atoms with E-state index < -0.39 is 18.0 Å². The van der Waals surface area contributed by atoms with Crippen LogP contribution >= 0.6 is 0 Å². The molecule has 110 valence electrons. The van der Waals surface area contributed by atoms with Gasteiger partial charge in [0.05, 0.1) is 12.0 Å². The van der Waals surface area contributed by atoms with Gasteiger partial charge >= 0.3 is 12.0 Å². The first-order chi connectivity index (χ1) is 8.72. The van der Waals surface area contributed by atoms with E-state index in [0.717, 1.165) is 12.8 Å². The van der Waals surface area contributed by atoms with Crippen molar-refractivity contribution in [2.45, 2.75) is 51.6 Å². The van der Waals surface area contributed by atoms with Crippen LogP contribution in [0.2, 0.25) is 0 Å². The van der Waals surface area contributed by atoms with Crippen LogP contribution in [0.25, 0.3) is 0 Å². The highest BCUT2D eigenvalue weighted by molar-refractivity contribution is 5.74. The fraction of sp³-hybridized carbons (Fsp3) is 0.846. The van der Waals surface area contributed by atoms with Gasteiger partial charge in [0.15, 0.2) is 0 Å². The van der Waals surface area contributed by atoms with Gasteiger partial charge in [-0.2, -0.15) is 0 Å². The second-order valence-corrected chi connectivity index (χ2v) is 6.12. The fourth-order valence-electron chi connectivity index (χ4n) is 2.42. The van der Waals surface area contributed by atoms with Gasteiger partial charge in [-0.1, -0.05) is 19.8 Å². The Labute approximate surface area is 113 Å². The van der Waals surface area contributed by atoms with Gasteiger partial charge in [-0.25, -0.2) is 4.79 Å². The van der Waals surface area contributed by atoms with E-state index in [9.17, 15) is 14.7 Å². The number of hydrogen-bond acceptors (Lipinski definition) is 3. The smallest absolute Gasteiger partial charge is 0.314 e. The predicted octanol–water partition coefficient (Wildman–Crippen LogP) is 1.09. The molecule has 0 saturated heterocycles. The minimum absolute atomic E-state index is 0.0815. The Morgan fingerprint density at radius 3 is 2.37 bits per heavy atom. The normalized spacial score (nSPS) is 20.6. The summed E-state index contributed by atoms with van der Waals surface area (Å²) in [6, 6.07) is -0.362. The van der Waals surface area contributed by atoms with Crippen molar-refractivity contribution < 1.29 is 19.8 Å². The number of urea groups is 1. The zero-order valence-corrected chi connectivity index (χ0v) is 11.7. The van der Waals surface area contributed by atoms with E-state index >= 15 is 0 Å². The first kappa shape index (κ1) is 15.8. The summed E-state index contributed by atoms with van der Waals surface area (Å²) in [4.78, 5) is 22.1. The molecule has 1 unspecified atom stereocenters. The minimum Gasteiger partial charge on any atom is -0.481 e. The molecular formula is C13H24N2O4. The lowest BCUT2D eigenvalue weighted by Crippen LogP contribution is -2.47. The van der Waals surface area contributed by atoms with Crippen LogP contribution in [0.1, 0.15) is 46.0 Å². The summed E-state index contributed by atoms with van der Waals surface area (Å²) in [7, 11) is 0. The number of carbonyl (C=O) groups excluding carboxylic acids is 1. The Kier molecular flexibility index (Phi) is 5.17. The molecule has 0 aromatic carbocycles. The van der Waals surface area contributed by atoms with E-state index in [1.54, 1.807) is 0 Å². The van der Waals surface area contributed by atoms with Crippen molar-refractivity contribution in [3.63, 3.8) is 0 Å². The molecule has 1 atom stereocenters. The second kappa shape index (κ2) is 6.23. The molecule has 0 aliphatic heterocycles. The summed E-state index contributed by atoms with van der Waals surface area (Å²) in [5.41, 5.74) is -1.26. The van der Waals surface area contributed by atoms with Crippen LogP contribution in [0, 0.1) is 5.41 Å². The maximum atomic E-state index is 11.6. The van der Waals surface area contributed by atoms with Gasteiger partial charge in [-0.15, -0.1) is 0 Å². The van der Waals surface area contributed by atoms with E-state index in [0.29, 0.717) is 6.54 Å². The van der Waals surface area contributed by atoms with E-state index in [4.69, 9.17) is 5.11 Å². The van der Waals surface area contributed by atoms with Crippen molar-refractivity contribution in [1.82, 2.24) is 10.6 Å². The predicted molar refractivity (Wildman–Crippen MR) is 70.9 cm³/mol. The molecule has 4 N–H and O–H groups in total. The van der Waals surface area contributed by atoms with E-state index in [1.807, 2.05) is 0 Å². The number of amides is 2. The van der Waals surface area contributed by atoms with Crippen LogP contribution in [-0.4, -0.2) is 40.9 Å². The Morgan fingerprint density at radius 1 is 1.26 bits per heavy atom. The summed E-state index contributed by atoms with van der Waals surface area (Å²) < 4.78 is 0. The second-order valence-electron chi connectivity index (χ2n) is 6.12. The van der Waals surface area contributed by atoms with Gasteiger partial charge in [-0.05, 0) is 25.2 Å². The zero-order valence-electron chi connectivity index (χ0n) is 11.7. The van der Waals surface area contributed by atoms with Crippen molar-refractivity contribution in [3.8, 4) is 0 Å². The Hall–Kier alpha value is -1.30. The molecule has 0 aromatic heterocycles. The summed E-state index contributed by atoms with van der Waals surface area (Å²) in [6.45, 7) is 4.07. The van der Waals surface area contributed by atoms with Gasteiger partial charge in [0.2, 0.25) is 0 Å². The lowest BCUT2D eigenvalue weighted by atomic mass is 9.89. The molecule has 0 bridgehead atoms. The highest BCUT2D eigenvalue weighted by Crippen LogP contribution is 2.36. The third kappa shape index (κ3) is 5.92. The number of carbonyl (C=O) groups is 2. The quantitative estimate of drug-likeness (QED) is 0.581. The molecule has 19 heavy (non-hydrogen) atoms. The summed E-state index contributed by atoms with van der Waals surface area (Å²) in [5.74, 6) is -1.09. The molecule has 0 heterocycles. The third-order valence-corrected chi connectivity index (χ3v) is 3.65. The van der Waals surface area contributed by atoms with Gasteiger partial charge < -0.3 is 20.8 Å². The molecule has 1 saturated carbocycles. The SMILES string of the molecule is CC(O)(CNC(=O)NCC1(C)CCCC1)CC(=O)O. The molecule has 1 aliphatic carbocycles. The van der Waals surface area contributed by atoms with E-state index in [1.165, 1.54) is 19.8 Å². The van der Waals surface area contributed by atoms with Gasteiger partial charge in [-0.3, -0.25) is 4.79 Å². The molecule has 1 aliphatic rings. The molecule has 6 nitrogen and oxygen atoms in total. The average Bonchev–Trinajstić information content (AvgIpc) is 2.70. The molecule has 1 rings (SSSR count). The van der Waals surface area contributed by atoms with Crippen molar-refractivity contribution in [1.29, 1.82) is 0 Å². The Morgan fingerprint density at radius 2 is 1.84 bits per heavy atom. The van der Waals surface area contributed by atoms with Crippen LogP contribution in [0.4, 0.5) is 4.79 Å². The standard InChI is InChI=1S/C13H24N2O4/c1-12(5-3-4-6-12)8-14-11(18)15-9-13(2,19)7-10(16)17/h19H,3-9H2,1-2H3,(H,16,17)(H2,14,15,18). The van der Waals surface area contributed by atoms with Crippen LogP contribution in [0.5, 0.6) is 0 Å². The number of aliphatic carboxylic acids is 1. The molecule has 2 amide bonds. The van der Waals surface area contributed by atoms with Crippen molar-refractivity contribution >= 4 is 12.0 Å². The minimum atomic E-state index is -1.43. The number of nitrogens with one attached hydrogen (secondary N) is 2. The van der Waals surface area contributed by atoms with Crippen molar-refractivity contribution in [3.05, 3.63) is 0 Å². The first-order valence-electron chi connectivity index (χ1n) is 6.68. The van der Waals surface area contributed by atoms with Crippen LogP contribution in [-0.2, 0) is 4.79 Å². The number of aliphatic hydroxyl groups is 1. The van der Waals surface area contributed by atoms with Crippen LogP contribution < -0.4 is 10.6 Å². The number of carboxylic acid groups (broad SMARTS) is 1. The Balaban J connectivity index is 2.26. The van der Waals surface area contributed by atoms with Crippen molar-refractivity contribution in [2.24, 2.45) is 5.41 Å². The van der Waals surface area contributed by atoms with E-state index in [2.05, 4.69) is 17.6 Å². The summed E-state index contributed by atoms with van der Waals surface area (Å²) in [5, 5.41) is 23.6. The van der Waals surface area contributed by atoms with Crippen molar-refractivity contribution in [2.75, 3.05) is 13.1 Å². The molecule has 1 fully saturated rings. The number of hydrogen-bond donors (Lipinski definition) is 4. The van der Waals surface area contributed by atoms with Gasteiger partial charge in [0.1, 0.15) is 0 Å². The molecule has 0 aromatic rings. The fourth-order valence-corrected chi connectivity index (χ4v) is 2.42. The highest BCUT2D eigenvalue weighted by atomic mass is 16.4. The maximum Gasteiger partial charge on any atom is 0.314 e. The lowest BCUT2D eigenvalue weighted by molar-refractivity contribution is -0.141. The molecular weight excluding hydrogens is 248 g/mol. The monoisotopic (exact) mass is 272 g/mol. The van der Waals surface area contributed by atoms with Crippen LogP contribution in [0.3, 0.4) is 0 Å². The topological polar surface area (TPSA) is 98.7 Å². The first-order valence-corrected chi connectivity index (χ1v) is 6.68. The summed E-state index contributed by atoms with van der Waals surface area (Å²) in [6.07, 6.45) is 4.24. The molecule has 6 heteroatoms.